The van der Waals surface area contributed by atoms with Gasteiger partial charge in [0, 0.05) is 48.9 Å². The van der Waals surface area contributed by atoms with E-state index in [9.17, 15) is 9.18 Å². The van der Waals surface area contributed by atoms with Gasteiger partial charge in [0.2, 0.25) is 0 Å². The van der Waals surface area contributed by atoms with Crippen LogP contribution in [0.3, 0.4) is 0 Å². The Bertz CT molecular complexity index is 1160. The van der Waals surface area contributed by atoms with Crippen LogP contribution < -0.4 is 10.6 Å². The second-order valence-corrected chi connectivity index (χ2v) is 9.98. The van der Waals surface area contributed by atoms with Gasteiger partial charge in [-0.15, -0.1) is 0 Å². The van der Waals surface area contributed by atoms with Crippen molar-refractivity contribution in [3.63, 3.8) is 0 Å². The minimum Gasteiger partial charge on any atom is -0.336 e. The Morgan fingerprint density at radius 1 is 1.06 bits per heavy atom. The van der Waals surface area contributed by atoms with Gasteiger partial charge in [0.05, 0.1) is 5.52 Å². The van der Waals surface area contributed by atoms with E-state index in [1.54, 1.807) is 0 Å². The molecule has 0 radical (unpaired) electrons. The monoisotopic (exact) mass is 463 g/mol. The van der Waals surface area contributed by atoms with Crippen LogP contribution in [0, 0.1) is 5.82 Å². The maximum atomic E-state index is 13.7. The van der Waals surface area contributed by atoms with Crippen LogP contribution in [0.1, 0.15) is 30.4 Å². The number of carbonyl (C=O) groups is 1. The average molecular weight is 464 g/mol. The van der Waals surface area contributed by atoms with Crippen molar-refractivity contribution in [2.45, 2.75) is 31.2 Å². The summed E-state index contributed by atoms with van der Waals surface area (Å²) in [5.74, 6) is -0.229. The first-order valence-electron chi connectivity index (χ1n) is 12.2. The lowest BCUT2D eigenvalue weighted by Crippen LogP contribution is -2.42. The first-order valence-corrected chi connectivity index (χ1v) is 12.2. The number of rotatable bonds is 7. The number of benzene rings is 2. The molecular weight excluding hydrogens is 429 g/mol. The van der Waals surface area contributed by atoms with Crippen molar-refractivity contribution in [3.05, 3.63) is 65.6 Å². The Hall–Kier alpha value is -2.90. The Morgan fingerprint density at radius 2 is 1.82 bits per heavy atom. The van der Waals surface area contributed by atoms with Crippen LogP contribution >= 0.6 is 0 Å². The Morgan fingerprint density at radius 3 is 2.50 bits per heavy atom. The van der Waals surface area contributed by atoms with E-state index in [4.69, 9.17) is 0 Å². The van der Waals surface area contributed by atoms with Gasteiger partial charge in [0.1, 0.15) is 5.82 Å². The quantitative estimate of drug-likeness (QED) is 0.559. The van der Waals surface area contributed by atoms with Crippen LogP contribution in [-0.4, -0.2) is 67.2 Å². The molecule has 2 aliphatic heterocycles. The Labute approximate surface area is 200 Å². The summed E-state index contributed by atoms with van der Waals surface area (Å²) in [5, 5.41) is 7.72. The Kier molecular flexibility index (Phi) is 6.32. The molecule has 3 heterocycles. The van der Waals surface area contributed by atoms with Crippen LogP contribution in [0.4, 0.5) is 9.18 Å². The zero-order valence-electron chi connectivity index (χ0n) is 20.1. The zero-order valence-corrected chi connectivity index (χ0v) is 20.1. The molecule has 34 heavy (non-hydrogen) atoms. The number of carbonyl (C=O) groups excluding carboxylic acids is 1. The molecule has 6 nitrogen and oxygen atoms in total. The molecule has 2 amide bonds. The second kappa shape index (κ2) is 9.39. The minimum atomic E-state index is -0.229. The van der Waals surface area contributed by atoms with Gasteiger partial charge in [-0.25, -0.2) is 9.18 Å². The first-order chi connectivity index (χ1) is 16.4. The SMILES string of the molecule is CN(C)Cc1ccc2c(c1)c(C1(CCN3CCNC3=O)CCNCC1)cn2-c1ccc(F)cc1. The summed E-state index contributed by atoms with van der Waals surface area (Å²) < 4.78 is 15.9. The second-order valence-electron chi connectivity index (χ2n) is 9.98. The van der Waals surface area contributed by atoms with Crippen LogP contribution in [0.2, 0.25) is 0 Å². The Balaban J connectivity index is 1.62. The van der Waals surface area contributed by atoms with Crippen molar-refractivity contribution in [1.82, 2.24) is 25.0 Å². The van der Waals surface area contributed by atoms with Crippen molar-refractivity contribution in [3.8, 4) is 5.69 Å². The molecule has 1 aromatic heterocycles. The van der Waals surface area contributed by atoms with Gasteiger partial charge in [-0.2, -0.15) is 0 Å². The summed E-state index contributed by atoms with van der Waals surface area (Å²) in [6.07, 6.45) is 5.26. The third kappa shape index (κ3) is 4.42. The van der Waals surface area contributed by atoms with Crippen LogP contribution in [0.5, 0.6) is 0 Å². The summed E-state index contributed by atoms with van der Waals surface area (Å²) in [6.45, 7) is 5.06. The molecule has 0 atom stereocenters. The van der Waals surface area contributed by atoms with E-state index in [0.717, 1.165) is 69.7 Å². The maximum Gasteiger partial charge on any atom is 0.317 e. The number of nitrogens with one attached hydrogen (secondary N) is 2. The largest absolute Gasteiger partial charge is 0.336 e. The smallest absolute Gasteiger partial charge is 0.317 e. The van der Waals surface area contributed by atoms with Gasteiger partial charge in [-0.1, -0.05) is 6.07 Å². The van der Waals surface area contributed by atoms with Crippen molar-refractivity contribution >= 4 is 16.9 Å². The molecule has 2 saturated heterocycles. The average Bonchev–Trinajstić information content (AvgIpc) is 3.42. The lowest BCUT2D eigenvalue weighted by molar-refractivity contribution is 0.204. The number of hydrogen-bond acceptors (Lipinski definition) is 3. The number of hydrogen-bond donors (Lipinski definition) is 2. The molecule has 0 aliphatic carbocycles. The molecule has 0 unspecified atom stereocenters. The highest BCUT2D eigenvalue weighted by Gasteiger charge is 2.37. The van der Waals surface area contributed by atoms with E-state index in [2.05, 4.69) is 58.6 Å². The van der Waals surface area contributed by atoms with Gasteiger partial charge in [-0.05, 0) is 94.0 Å². The van der Waals surface area contributed by atoms with Crippen LogP contribution in [-0.2, 0) is 12.0 Å². The lowest BCUT2D eigenvalue weighted by Gasteiger charge is -2.39. The van der Waals surface area contributed by atoms with E-state index in [1.165, 1.54) is 28.6 Å². The minimum absolute atomic E-state index is 0.0195. The van der Waals surface area contributed by atoms with Crippen LogP contribution in [0.15, 0.2) is 48.7 Å². The van der Waals surface area contributed by atoms with Crippen LogP contribution in [0.25, 0.3) is 16.6 Å². The van der Waals surface area contributed by atoms with Gasteiger partial charge in [-0.3, -0.25) is 0 Å². The predicted molar refractivity (Wildman–Crippen MR) is 134 cm³/mol. The first kappa shape index (κ1) is 22.9. The molecular formula is C27H34FN5O. The predicted octanol–water partition coefficient (Wildman–Crippen LogP) is 3.87. The number of nitrogens with zero attached hydrogens (tertiary/aromatic N) is 3. The third-order valence-corrected chi connectivity index (χ3v) is 7.41. The fourth-order valence-electron chi connectivity index (χ4n) is 5.61. The van der Waals surface area contributed by atoms with E-state index in [-0.39, 0.29) is 17.3 Å². The summed E-state index contributed by atoms with van der Waals surface area (Å²) in [5.41, 5.74) is 4.70. The van der Waals surface area contributed by atoms with Crippen molar-refractivity contribution in [2.75, 3.05) is 46.8 Å². The molecule has 0 spiro atoms. The van der Waals surface area contributed by atoms with E-state index in [1.807, 2.05) is 17.0 Å². The lowest BCUT2D eigenvalue weighted by atomic mass is 9.70. The van der Waals surface area contributed by atoms with Gasteiger partial charge in [0.25, 0.3) is 0 Å². The molecule has 2 N–H and O–H groups in total. The number of amides is 2. The molecule has 0 bridgehead atoms. The number of urea groups is 1. The molecule has 2 fully saturated rings. The number of piperidine rings is 1. The fraction of sp³-hybridized carbons (Fsp3) is 0.444. The number of aromatic nitrogens is 1. The topological polar surface area (TPSA) is 52.5 Å². The standard InChI is InChI=1S/C27H34FN5O/c1-31(2)18-20-3-8-25-23(17-20)24(19-33(25)22-6-4-21(28)5-7-22)27(9-12-29-13-10-27)11-15-32-16-14-30-26(32)34/h3-8,17,19,29H,9-16,18H2,1-2H3,(H,30,34). The molecule has 0 saturated carbocycles. The van der Waals surface area contributed by atoms with Gasteiger partial charge >= 0.3 is 6.03 Å². The van der Waals surface area contributed by atoms with E-state index < -0.39 is 0 Å². The molecule has 180 valence electrons. The summed E-state index contributed by atoms with van der Waals surface area (Å²) in [6, 6.07) is 13.5. The van der Waals surface area contributed by atoms with Crippen molar-refractivity contribution in [2.24, 2.45) is 0 Å². The molecule has 2 aromatic carbocycles. The molecule has 3 aromatic rings. The van der Waals surface area contributed by atoms with Crippen molar-refractivity contribution in [1.29, 1.82) is 0 Å². The number of fused-ring (bicyclic) bond motifs is 1. The van der Waals surface area contributed by atoms with Gasteiger partial charge < -0.3 is 25.0 Å². The molecule has 7 heteroatoms. The summed E-state index contributed by atoms with van der Waals surface area (Å²) >= 11 is 0. The molecule has 5 rings (SSSR count). The normalized spacial score (nSPS) is 18.1. The van der Waals surface area contributed by atoms with Crippen molar-refractivity contribution < 1.29 is 9.18 Å². The van der Waals surface area contributed by atoms with E-state index >= 15 is 0 Å². The highest BCUT2D eigenvalue weighted by atomic mass is 19.1. The highest BCUT2D eigenvalue weighted by molar-refractivity contribution is 5.87. The summed E-state index contributed by atoms with van der Waals surface area (Å²) in [4.78, 5) is 16.4. The summed E-state index contributed by atoms with van der Waals surface area (Å²) in [7, 11) is 4.17. The zero-order chi connectivity index (χ0) is 23.7. The van der Waals surface area contributed by atoms with Gasteiger partial charge in [0.15, 0.2) is 0 Å². The van der Waals surface area contributed by atoms with E-state index in [0.29, 0.717) is 0 Å². The fourth-order valence-corrected chi connectivity index (χ4v) is 5.61. The number of halogens is 1. The molecule has 2 aliphatic rings. The highest BCUT2D eigenvalue weighted by Crippen LogP contribution is 2.42. The third-order valence-electron chi connectivity index (χ3n) is 7.41. The maximum absolute atomic E-state index is 13.7.